The summed E-state index contributed by atoms with van der Waals surface area (Å²) in [4.78, 5) is 13.3. The van der Waals surface area contributed by atoms with E-state index < -0.39 is 4.92 Å². The number of rotatable bonds is 2. The molecule has 2 N–H and O–H groups in total. The Labute approximate surface area is 73.8 Å². The molecule has 1 rings (SSSR count). The van der Waals surface area contributed by atoms with Gasteiger partial charge in [-0.15, -0.1) is 0 Å². The van der Waals surface area contributed by atoms with E-state index in [0.29, 0.717) is 5.56 Å². The quantitative estimate of drug-likeness (QED) is 0.528. The van der Waals surface area contributed by atoms with Gasteiger partial charge in [-0.05, 0) is 0 Å². The van der Waals surface area contributed by atoms with Crippen LogP contribution in [0.2, 0.25) is 0 Å². The molecule has 13 heavy (non-hydrogen) atoms. The molecule has 0 saturated heterocycles. The summed E-state index contributed by atoms with van der Waals surface area (Å²) < 4.78 is 0. The highest BCUT2D eigenvalue weighted by atomic mass is 16.6. The second kappa shape index (κ2) is 3.49. The summed E-state index contributed by atoms with van der Waals surface area (Å²) in [7, 11) is 0. The molecule has 1 aromatic heterocycles. The Hall–Kier alpha value is -2.16. The van der Waals surface area contributed by atoms with Crippen molar-refractivity contribution in [1.82, 2.24) is 4.98 Å². The van der Waals surface area contributed by atoms with Crippen molar-refractivity contribution < 1.29 is 4.92 Å². The van der Waals surface area contributed by atoms with Crippen molar-refractivity contribution in [1.29, 1.82) is 5.26 Å². The zero-order valence-electron chi connectivity index (χ0n) is 6.60. The number of aromatic nitrogens is 1. The molecule has 0 aliphatic heterocycles. The largest absolute Gasteiger partial charge is 0.383 e. The van der Waals surface area contributed by atoms with Crippen LogP contribution in [0.25, 0.3) is 0 Å². The molecule has 1 heterocycles. The minimum Gasteiger partial charge on any atom is -0.383 e. The molecule has 0 atom stereocenters. The number of pyridine rings is 1. The number of hydrogen-bond donors (Lipinski definition) is 1. The van der Waals surface area contributed by atoms with Crippen LogP contribution in [0.5, 0.6) is 0 Å². The lowest BCUT2D eigenvalue weighted by molar-refractivity contribution is -0.385. The van der Waals surface area contributed by atoms with Gasteiger partial charge in [-0.3, -0.25) is 10.1 Å². The van der Waals surface area contributed by atoms with Gasteiger partial charge in [0.15, 0.2) is 0 Å². The molecular formula is C7H6N4O2. The van der Waals surface area contributed by atoms with E-state index >= 15 is 0 Å². The minimum absolute atomic E-state index is 0.0283. The van der Waals surface area contributed by atoms with Crippen LogP contribution < -0.4 is 5.73 Å². The first kappa shape index (κ1) is 8.93. The molecule has 1 aromatic rings. The van der Waals surface area contributed by atoms with Crippen molar-refractivity contribution in [2.75, 3.05) is 5.73 Å². The van der Waals surface area contributed by atoms with Gasteiger partial charge in [0.1, 0.15) is 12.0 Å². The fourth-order valence-electron chi connectivity index (χ4n) is 0.835. The molecule has 0 bridgehead atoms. The summed E-state index contributed by atoms with van der Waals surface area (Å²) in [5, 5.41) is 18.7. The Bertz CT molecular complexity index is 383. The topological polar surface area (TPSA) is 106 Å². The predicted octanol–water partition coefficient (Wildman–Crippen LogP) is 0.638. The fraction of sp³-hybridized carbons (Fsp3) is 0.143. The maximum Gasteiger partial charge on any atom is 0.288 e. The van der Waals surface area contributed by atoms with Gasteiger partial charge in [-0.2, -0.15) is 5.26 Å². The number of anilines is 1. The first-order chi connectivity index (χ1) is 6.15. The molecule has 0 aliphatic rings. The summed E-state index contributed by atoms with van der Waals surface area (Å²) in [6.07, 6.45) is 1.09. The molecular weight excluding hydrogens is 172 g/mol. The summed E-state index contributed by atoms with van der Waals surface area (Å²) in [5.74, 6) is 0.159. The maximum absolute atomic E-state index is 10.3. The van der Waals surface area contributed by atoms with E-state index in [4.69, 9.17) is 11.0 Å². The second-order valence-corrected chi connectivity index (χ2v) is 2.33. The van der Waals surface area contributed by atoms with Crippen molar-refractivity contribution in [2.24, 2.45) is 0 Å². The van der Waals surface area contributed by atoms with Gasteiger partial charge in [0.2, 0.25) is 0 Å². The normalized spacial score (nSPS) is 9.15. The average molecular weight is 178 g/mol. The molecule has 0 radical (unpaired) electrons. The molecule has 0 aliphatic carbocycles. The highest BCUT2D eigenvalue weighted by Crippen LogP contribution is 2.16. The lowest BCUT2D eigenvalue weighted by Gasteiger charge is -1.98. The highest BCUT2D eigenvalue weighted by Gasteiger charge is 2.09. The predicted molar refractivity (Wildman–Crippen MR) is 44.6 cm³/mol. The van der Waals surface area contributed by atoms with Crippen LogP contribution in [0, 0.1) is 21.4 Å². The van der Waals surface area contributed by atoms with Gasteiger partial charge in [-0.25, -0.2) is 4.98 Å². The maximum atomic E-state index is 10.3. The zero-order chi connectivity index (χ0) is 9.84. The average Bonchev–Trinajstić information content (AvgIpc) is 2.08. The van der Waals surface area contributed by atoms with E-state index in [0.717, 1.165) is 6.20 Å². The Morgan fingerprint density at radius 3 is 3.00 bits per heavy atom. The monoisotopic (exact) mass is 178 g/mol. The lowest BCUT2D eigenvalue weighted by Crippen LogP contribution is -1.99. The first-order valence-electron chi connectivity index (χ1n) is 3.41. The Kier molecular flexibility index (Phi) is 2.40. The summed E-state index contributed by atoms with van der Waals surface area (Å²) in [6.45, 7) is 0. The van der Waals surface area contributed by atoms with E-state index in [-0.39, 0.29) is 17.9 Å². The molecule has 0 aromatic carbocycles. The minimum atomic E-state index is -0.576. The molecule has 6 heteroatoms. The lowest BCUT2D eigenvalue weighted by atomic mass is 10.2. The van der Waals surface area contributed by atoms with Crippen molar-refractivity contribution in [3.63, 3.8) is 0 Å². The Morgan fingerprint density at radius 2 is 2.46 bits per heavy atom. The SMILES string of the molecule is N#CCc1cc([N+](=O)[O-])cnc1N. The Balaban J connectivity index is 3.12. The molecule has 0 spiro atoms. The number of hydrogen-bond acceptors (Lipinski definition) is 5. The molecule has 6 nitrogen and oxygen atoms in total. The van der Waals surface area contributed by atoms with Crippen LogP contribution in [-0.4, -0.2) is 9.91 Å². The fourth-order valence-corrected chi connectivity index (χ4v) is 0.835. The van der Waals surface area contributed by atoms with Gasteiger partial charge in [0.05, 0.1) is 17.4 Å². The van der Waals surface area contributed by atoms with Gasteiger partial charge in [-0.1, -0.05) is 0 Å². The number of nitrogens with two attached hydrogens (primary N) is 1. The second-order valence-electron chi connectivity index (χ2n) is 2.33. The van der Waals surface area contributed by atoms with E-state index in [1.54, 1.807) is 0 Å². The van der Waals surface area contributed by atoms with E-state index in [9.17, 15) is 10.1 Å². The van der Waals surface area contributed by atoms with Crippen molar-refractivity contribution in [3.05, 3.63) is 27.9 Å². The third-order valence-corrected chi connectivity index (χ3v) is 1.47. The molecule has 0 saturated carbocycles. The molecule has 0 amide bonds. The van der Waals surface area contributed by atoms with Crippen LogP contribution in [0.15, 0.2) is 12.3 Å². The summed E-state index contributed by atoms with van der Waals surface area (Å²) in [6, 6.07) is 3.10. The highest BCUT2D eigenvalue weighted by molar-refractivity contribution is 5.46. The molecule has 0 unspecified atom stereocenters. The smallest absolute Gasteiger partial charge is 0.288 e. The van der Waals surface area contributed by atoms with Crippen molar-refractivity contribution >= 4 is 11.5 Å². The van der Waals surface area contributed by atoms with Crippen LogP contribution in [0.1, 0.15) is 5.56 Å². The van der Waals surface area contributed by atoms with Gasteiger partial charge < -0.3 is 5.73 Å². The van der Waals surface area contributed by atoms with Gasteiger partial charge in [0, 0.05) is 11.6 Å². The standard InChI is InChI=1S/C7H6N4O2/c8-2-1-5-3-6(11(12)13)4-10-7(5)9/h3-4H,1H2,(H2,9,10). The first-order valence-corrected chi connectivity index (χ1v) is 3.41. The zero-order valence-corrected chi connectivity index (χ0v) is 6.60. The van der Waals surface area contributed by atoms with Crippen LogP contribution in [-0.2, 0) is 6.42 Å². The molecule has 0 fully saturated rings. The van der Waals surface area contributed by atoms with Crippen LogP contribution >= 0.6 is 0 Å². The summed E-state index contributed by atoms with van der Waals surface area (Å²) in [5.41, 5.74) is 5.62. The van der Waals surface area contributed by atoms with E-state index in [1.807, 2.05) is 6.07 Å². The number of nitrogen functional groups attached to an aromatic ring is 1. The number of nitriles is 1. The van der Waals surface area contributed by atoms with E-state index in [1.165, 1.54) is 6.07 Å². The van der Waals surface area contributed by atoms with Crippen molar-refractivity contribution in [2.45, 2.75) is 6.42 Å². The van der Waals surface area contributed by atoms with Crippen LogP contribution in [0.4, 0.5) is 11.5 Å². The van der Waals surface area contributed by atoms with Gasteiger partial charge in [0.25, 0.3) is 5.69 Å². The number of nitrogens with zero attached hydrogens (tertiary/aromatic N) is 3. The summed E-state index contributed by atoms with van der Waals surface area (Å²) >= 11 is 0. The number of nitro groups is 1. The van der Waals surface area contributed by atoms with E-state index in [2.05, 4.69) is 4.98 Å². The van der Waals surface area contributed by atoms with Crippen LogP contribution in [0.3, 0.4) is 0 Å². The van der Waals surface area contributed by atoms with Gasteiger partial charge >= 0.3 is 0 Å². The van der Waals surface area contributed by atoms with Crippen molar-refractivity contribution in [3.8, 4) is 6.07 Å². The third-order valence-electron chi connectivity index (χ3n) is 1.47. The third kappa shape index (κ3) is 1.90. The Morgan fingerprint density at radius 1 is 1.77 bits per heavy atom. The molecule has 66 valence electrons.